The zero-order valence-corrected chi connectivity index (χ0v) is 15.7. The second kappa shape index (κ2) is 8.47. The lowest BCUT2D eigenvalue weighted by atomic mass is 9.94. The smallest absolute Gasteiger partial charge is 0.244 e. The van der Waals surface area contributed by atoms with Crippen molar-refractivity contribution in [1.82, 2.24) is 4.90 Å². The Kier molecular flexibility index (Phi) is 6.60. The molecule has 2 rings (SSSR count). The number of amides is 1. The van der Waals surface area contributed by atoms with Crippen LogP contribution in [0.25, 0.3) is 0 Å². The summed E-state index contributed by atoms with van der Waals surface area (Å²) in [6.45, 7) is 1.86. The molecular weight excluding hydrogens is 328 g/mol. The highest BCUT2D eigenvalue weighted by Crippen LogP contribution is 2.36. The third-order valence-corrected chi connectivity index (χ3v) is 4.98. The maximum absolute atomic E-state index is 12.7. The Morgan fingerprint density at radius 3 is 2.42 bits per heavy atom. The van der Waals surface area contributed by atoms with E-state index >= 15 is 0 Å². The molecule has 0 aliphatic heterocycles. The molecule has 1 unspecified atom stereocenters. The molecule has 0 bridgehead atoms. The molecule has 1 saturated carbocycles. The van der Waals surface area contributed by atoms with E-state index in [-0.39, 0.29) is 11.9 Å². The monoisotopic (exact) mass is 354 g/mol. The number of halogens is 1. The summed E-state index contributed by atoms with van der Waals surface area (Å²) < 4.78 is 10.6. The van der Waals surface area contributed by atoms with Gasteiger partial charge in [-0.2, -0.15) is 0 Å². The molecule has 0 radical (unpaired) electrons. The lowest BCUT2D eigenvalue weighted by Gasteiger charge is -2.33. The van der Waals surface area contributed by atoms with Crippen LogP contribution in [-0.4, -0.2) is 44.2 Å². The van der Waals surface area contributed by atoms with Crippen molar-refractivity contribution in [3.63, 3.8) is 0 Å². The summed E-state index contributed by atoms with van der Waals surface area (Å²) in [6.07, 6.45) is 5.85. The maximum Gasteiger partial charge on any atom is 0.244 e. The van der Waals surface area contributed by atoms with Crippen molar-refractivity contribution in [2.75, 3.05) is 26.6 Å². The van der Waals surface area contributed by atoms with Gasteiger partial charge in [0.2, 0.25) is 5.91 Å². The zero-order valence-electron chi connectivity index (χ0n) is 14.9. The van der Waals surface area contributed by atoms with E-state index in [0.29, 0.717) is 28.3 Å². The van der Waals surface area contributed by atoms with Gasteiger partial charge in [0.05, 0.1) is 24.9 Å². The fourth-order valence-electron chi connectivity index (χ4n) is 3.22. The standard InChI is InChI=1S/C18H27ClN2O3/c1-12(18(22)21(2)13-8-6-5-7-9-13)20-15-10-14(19)16(23-3)11-17(15)24-4/h10-13,20H,5-9H2,1-4H3. The molecule has 0 aromatic heterocycles. The van der Waals surface area contributed by atoms with E-state index < -0.39 is 0 Å². The summed E-state index contributed by atoms with van der Waals surface area (Å²) in [4.78, 5) is 14.6. The Morgan fingerprint density at radius 2 is 1.83 bits per heavy atom. The van der Waals surface area contributed by atoms with Crippen LogP contribution in [0.15, 0.2) is 12.1 Å². The highest BCUT2D eigenvalue weighted by molar-refractivity contribution is 6.32. The molecule has 1 N–H and O–H groups in total. The Bertz CT molecular complexity index is 574. The molecule has 134 valence electrons. The Balaban J connectivity index is 2.09. The first kappa shape index (κ1) is 18.7. The van der Waals surface area contributed by atoms with Gasteiger partial charge in [-0.25, -0.2) is 0 Å². The Morgan fingerprint density at radius 1 is 1.21 bits per heavy atom. The first-order valence-corrected chi connectivity index (χ1v) is 8.80. The minimum Gasteiger partial charge on any atom is -0.495 e. The van der Waals surface area contributed by atoms with Crippen LogP contribution in [0.4, 0.5) is 5.69 Å². The first-order valence-electron chi connectivity index (χ1n) is 8.42. The van der Waals surface area contributed by atoms with Crippen LogP contribution in [-0.2, 0) is 4.79 Å². The summed E-state index contributed by atoms with van der Waals surface area (Å²) in [6, 6.07) is 3.42. The minimum absolute atomic E-state index is 0.0795. The molecule has 1 aromatic carbocycles. The number of ether oxygens (including phenoxy) is 2. The fourth-order valence-corrected chi connectivity index (χ4v) is 3.46. The Hall–Kier alpha value is -1.62. The van der Waals surface area contributed by atoms with Gasteiger partial charge >= 0.3 is 0 Å². The number of nitrogens with zero attached hydrogens (tertiary/aromatic N) is 1. The van der Waals surface area contributed by atoms with Crippen LogP contribution >= 0.6 is 11.6 Å². The topological polar surface area (TPSA) is 50.8 Å². The molecule has 5 nitrogen and oxygen atoms in total. The average molecular weight is 355 g/mol. The molecule has 0 saturated heterocycles. The number of hydrogen-bond donors (Lipinski definition) is 1. The summed E-state index contributed by atoms with van der Waals surface area (Å²) in [7, 11) is 5.03. The van der Waals surface area contributed by atoms with E-state index in [1.807, 2.05) is 18.9 Å². The van der Waals surface area contributed by atoms with Gasteiger partial charge in [-0.3, -0.25) is 4.79 Å². The highest BCUT2D eigenvalue weighted by atomic mass is 35.5. The highest BCUT2D eigenvalue weighted by Gasteiger charge is 2.26. The molecule has 6 heteroatoms. The van der Waals surface area contributed by atoms with Gasteiger partial charge in [-0.1, -0.05) is 30.9 Å². The molecule has 1 aliphatic carbocycles. The van der Waals surface area contributed by atoms with E-state index in [9.17, 15) is 4.79 Å². The summed E-state index contributed by atoms with van der Waals surface area (Å²) in [5, 5.41) is 3.69. The number of carbonyl (C=O) groups is 1. The number of carbonyl (C=O) groups excluding carboxylic acids is 1. The lowest BCUT2D eigenvalue weighted by Crippen LogP contribution is -2.45. The van der Waals surface area contributed by atoms with E-state index in [4.69, 9.17) is 21.1 Å². The van der Waals surface area contributed by atoms with Crippen LogP contribution in [0.2, 0.25) is 5.02 Å². The first-order chi connectivity index (χ1) is 11.5. The molecule has 0 spiro atoms. The number of nitrogens with one attached hydrogen (secondary N) is 1. The van der Waals surface area contributed by atoms with Crippen molar-refractivity contribution in [2.24, 2.45) is 0 Å². The van der Waals surface area contributed by atoms with Gasteiger partial charge < -0.3 is 19.7 Å². The van der Waals surface area contributed by atoms with Gasteiger partial charge in [-0.05, 0) is 25.8 Å². The normalized spacial score (nSPS) is 16.4. The predicted octanol–water partition coefficient (Wildman–Crippen LogP) is 3.95. The summed E-state index contributed by atoms with van der Waals surface area (Å²) in [5.41, 5.74) is 0.682. The van der Waals surface area contributed by atoms with Crippen LogP contribution in [0.1, 0.15) is 39.0 Å². The van der Waals surface area contributed by atoms with Crippen LogP contribution in [0, 0.1) is 0 Å². The van der Waals surface area contributed by atoms with Crippen molar-refractivity contribution in [1.29, 1.82) is 0 Å². The van der Waals surface area contributed by atoms with E-state index in [0.717, 1.165) is 12.8 Å². The third kappa shape index (κ3) is 4.26. The van der Waals surface area contributed by atoms with Gasteiger partial charge in [0.1, 0.15) is 17.5 Å². The van der Waals surface area contributed by atoms with Crippen molar-refractivity contribution >= 4 is 23.2 Å². The second-order valence-corrected chi connectivity index (χ2v) is 6.70. The van der Waals surface area contributed by atoms with Crippen LogP contribution in [0.5, 0.6) is 11.5 Å². The minimum atomic E-state index is -0.365. The van der Waals surface area contributed by atoms with E-state index in [2.05, 4.69) is 5.32 Å². The van der Waals surface area contributed by atoms with E-state index in [1.54, 1.807) is 26.4 Å². The SMILES string of the molecule is COc1cc(OC)c(NC(C)C(=O)N(C)C2CCCCC2)cc1Cl. The summed E-state index contributed by atoms with van der Waals surface area (Å²) in [5.74, 6) is 1.21. The Labute approximate surface area is 149 Å². The number of hydrogen-bond acceptors (Lipinski definition) is 4. The van der Waals surface area contributed by atoms with Crippen LogP contribution in [0.3, 0.4) is 0 Å². The number of methoxy groups -OCH3 is 2. The molecule has 1 amide bonds. The molecular formula is C18H27ClN2O3. The third-order valence-electron chi connectivity index (χ3n) is 4.69. The zero-order chi connectivity index (χ0) is 17.7. The van der Waals surface area contributed by atoms with Gasteiger partial charge in [0.15, 0.2) is 0 Å². The van der Waals surface area contributed by atoms with Gasteiger partial charge in [-0.15, -0.1) is 0 Å². The quantitative estimate of drug-likeness (QED) is 0.840. The van der Waals surface area contributed by atoms with E-state index in [1.165, 1.54) is 19.3 Å². The summed E-state index contributed by atoms with van der Waals surface area (Å²) >= 11 is 6.19. The molecule has 1 aliphatic rings. The fraction of sp³-hybridized carbons (Fsp3) is 0.611. The average Bonchev–Trinajstić information content (AvgIpc) is 2.61. The lowest BCUT2D eigenvalue weighted by molar-refractivity contribution is -0.133. The van der Waals surface area contributed by atoms with Crippen molar-refractivity contribution < 1.29 is 14.3 Å². The van der Waals surface area contributed by atoms with Gasteiger partial charge in [0.25, 0.3) is 0 Å². The number of anilines is 1. The second-order valence-electron chi connectivity index (χ2n) is 6.29. The van der Waals surface area contributed by atoms with Crippen molar-refractivity contribution in [2.45, 2.75) is 51.1 Å². The van der Waals surface area contributed by atoms with Crippen molar-refractivity contribution in [3.8, 4) is 11.5 Å². The predicted molar refractivity (Wildman–Crippen MR) is 97.3 cm³/mol. The van der Waals surface area contributed by atoms with Crippen molar-refractivity contribution in [3.05, 3.63) is 17.2 Å². The number of likely N-dealkylation sites (N-methyl/N-ethyl adjacent to an activating group) is 1. The molecule has 1 aromatic rings. The van der Waals surface area contributed by atoms with Gasteiger partial charge in [0, 0.05) is 19.2 Å². The molecule has 1 atom stereocenters. The number of rotatable bonds is 6. The largest absolute Gasteiger partial charge is 0.495 e. The molecule has 1 fully saturated rings. The molecule has 24 heavy (non-hydrogen) atoms. The maximum atomic E-state index is 12.7. The van der Waals surface area contributed by atoms with Crippen LogP contribution < -0.4 is 14.8 Å². The number of benzene rings is 1. The molecule has 0 heterocycles.